The Labute approximate surface area is 187 Å². The summed E-state index contributed by atoms with van der Waals surface area (Å²) in [5, 5.41) is 22.2. The molecule has 1 N–H and O–H groups in total. The van der Waals surface area contributed by atoms with Crippen LogP contribution in [-0.2, 0) is 15.1 Å². The third-order valence-electron chi connectivity index (χ3n) is 7.21. The van der Waals surface area contributed by atoms with Crippen molar-refractivity contribution in [1.82, 2.24) is 0 Å². The first-order valence-electron chi connectivity index (χ1n) is 10.4. The van der Waals surface area contributed by atoms with E-state index in [0.717, 1.165) is 4.90 Å². The number of carbonyl (C=O) groups excluding carboxylic acids is 2. The molecular formula is C25H16N2O6. The molecule has 1 heterocycles. The Morgan fingerprint density at radius 3 is 2.09 bits per heavy atom. The number of nitrogens with zero attached hydrogens (tertiary/aromatic N) is 2. The van der Waals surface area contributed by atoms with E-state index < -0.39 is 46.0 Å². The monoisotopic (exact) mass is 440 g/mol. The summed E-state index contributed by atoms with van der Waals surface area (Å²) in [7, 11) is 0. The van der Waals surface area contributed by atoms with Crippen LogP contribution in [0.3, 0.4) is 0 Å². The normalized spacial score (nSPS) is 26.5. The largest absolute Gasteiger partial charge is 0.478 e. The van der Waals surface area contributed by atoms with E-state index in [1.165, 1.54) is 24.3 Å². The van der Waals surface area contributed by atoms with Crippen molar-refractivity contribution in [3.63, 3.8) is 0 Å². The highest BCUT2D eigenvalue weighted by atomic mass is 16.6. The van der Waals surface area contributed by atoms with Gasteiger partial charge in [-0.2, -0.15) is 0 Å². The molecule has 1 fully saturated rings. The number of carboxylic acids is 1. The average Bonchev–Trinajstić information content (AvgIpc) is 3.09. The van der Waals surface area contributed by atoms with Gasteiger partial charge in [0.15, 0.2) is 0 Å². The SMILES string of the molecule is O=C(O)c1cccc(N2C(=O)[C@@H]3C4c5ccccc5C([N+](=O)[O-])(c5ccccc54)[C@@H]3C2=O)c1. The summed E-state index contributed by atoms with van der Waals surface area (Å²) < 4.78 is 0. The minimum absolute atomic E-state index is 0.0819. The van der Waals surface area contributed by atoms with E-state index in [1.807, 2.05) is 0 Å². The highest BCUT2D eigenvalue weighted by Gasteiger charge is 2.74. The Hall–Kier alpha value is -4.33. The van der Waals surface area contributed by atoms with Crippen LogP contribution in [0, 0.1) is 22.0 Å². The molecule has 1 aliphatic heterocycles. The minimum atomic E-state index is -1.90. The Bertz CT molecular complexity index is 1370. The molecular weight excluding hydrogens is 424 g/mol. The van der Waals surface area contributed by atoms with Gasteiger partial charge in [-0.05, 0) is 29.3 Å². The predicted molar refractivity (Wildman–Crippen MR) is 115 cm³/mol. The quantitative estimate of drug-likeness (QED) is 0.380. The second-order valence-electron chi connectivity index (χ2n) is 8.55. The summed E-state index contributed by atoms with van der Waals surface area (Å²) >= 11 is 0. The summed E-state index contributed by atoms with van der Waals surface area (Å²) in [5.41, 5.74) is 0.336. The van der Waals surface area contributed by atoms with Crippen molar-refractivity contribution < 1.29 is 24.4 Å². The zero-order valence-electron chi connectivity index (χ0n) is 17.0. The molecule has 0 aromatic heterocycles. The Morgan fingerprint density at radius 2 is 1.52 bits per heavy atom. The molecule has 0 radical (unpaired) electrons. The van der Waals surface area contributed by atoms with E-state index >= 15 is 0 Å². The van der Waals surface area contributed by atoms with E-state index in [9.17, 15) is 29.6 Å². The van der Waals surface area contributed by atoms with Crippen LogP contribution in [0.2, 0.25) is 0 Å². The third kappa shape index (κ3) is 2.17. The van der Waals surface area contributed by atoms with E-state index in [1.54, 1.807) is 48.5 Å². The van der Waals surface area contributed by atoms with Crippen LogP contribution in [0.1, 0.15) is 38.5 Å². The van der Waals surface area contributed by atoms with Gasteiger partial charge < -0.3 is 5.11 Å². The molecule has 3 aliphatic carbocycles. The molecule has 2 bridgehead atoms. The molecule has 4 aliphatic rings. The predicted octanol–water partition coefficient (Wildman–Crippen LogP) is 3.17. The molecule has 0 spiro atoms. The van der Waals surface area contributed by atoms with Crippen LogP contribution >= 0.6 is 0 Å². The number of carbonyl (C=O) groups is 3. The number of benzene rings is 3. The molecule has 8 nitrogen and oxygen atoms in total. The van der Waals surface area contributed by atoms with Crippen molar-refractivity contribution >= 4 is 23.5 Å². The van der Waals surface area contributed by atoms with Crippen molar-refractivity contribution in [3.8, 4) is 0 Å². The van der Waals surface area contributed by atoms with Crippen LogP contribution in [0.15, 0.2) is 72.8 Å². The van der Waals surface area contributed by atoms with Gasteiger partial charge in [0.2, 0.25) is 11.8 Å². The molecule has 8 heteroatoms. The van der Waals surface area contributed by atoms with E-state index in [4.69, 9.17) is 0 Å². The Balaban J connectivity index is 1.64. The van der Waals surface area contributed by atoms with Gasteiger partial charge in [0.25, 0.3) is 5.54 Å². The van der Waals surface area contributed by atoms with Crippen LogP contribution in [0.5, 0.6) is 0 Å². The van der Waals surface area contributed by atoms with Crippen LogP contribution in [0.4, 0.5) is 5.69 Å². The minimum Gasteiger partial charge on any atom is -0.478 e. The fourth-order valence-corrected chi connectivity index (χ4v) is 6.07. The molecule has 2 atom stereocenters. The molecule has 2 amide bonds. The number of aromatic carboxylic acids is 1. The highest BCUT2D eigenvalue weighted by Crippen LogP contribution is 2.64. The summed E-state index contributed by atoms with van der Waals surface area (Å²) in [4.78, 5) is 52.4. The number of anilines is 1. The molecule has 3 aromatic carbocycles. The van der Waals surface area contributed by atoms with Gasteiger partial charge in [-0.25, -0.2) is 9.69 Å². The lowest BCUT2D eigenvalue weighted by molar-refractivity contribution is -0.578. The molecule has 33 heavy (non-hydrogen) atoms. The lowest BCUT2D eigenvalue weighted by Crippen LogP contribution is -2.57. The van der Waals surface area contributed by atoms with Crippen molar-refractivity contribution in [1.29, 1.82) is 0 Å². The fourth-order valence-electron chi connectivity index (χ4n) is 6.07. The van der Waals surface area contributed by atoms with Crippen LogP contribution in [-0.4, -0.2) is 27.8 Å². The Morgan fingerprint density at radius 1 is 0.909 bits per heavy atom. The summed E-state index contributed by atoms with van der Waals surface area (Å²) in [6.45, 7) is 0. The topological polar surface area (TPSA) is 118 Å². The van der Waals surface area contributed by atoms with Crippen LogP contribution < -0.4 is 4.90 Å². The van der Waals surface area contributed by atoms with Crippen molar-refractivity contribution in [2.24, 2.45) is 11.8 Å². The molecule has 7 rings (SSSR count). The first-order chi connectivity index (χ1) is 15.9. The van der Waals surface area contributed by atoms with Crippen molar-refractivity contribution in [3.05, 3.63) is 111 Å². The maximum Gasteiger partial charge on any atom is 0.335 e. The summed E-state index contributed by atoms with van der Waals surface area (Å²) in [6.07, 6.45) is 0. The first kappa shape index (κ1) is 19.4. The molecule has 0 unspecified atom stereocenters. The fraction of sp³-hybridized carbons (Fsp3) is 0.160. The van der Waals surface area contributed by atoms with Crippen LogP contribution in [0.25, 0.3) is 0 Å². The number of imide groups is 1. The van der Waals surface area contributed by atoms with E-state index in [0.29, 0.717) is 22.3 Å². The number of hydrogen-bond acceptors (Lipinski definition) is 5. The summed E-state index contributed by atoms with van der Waals surface area (Å²) in [5.74, 6) is -5.13. The second-order valence-corrected chi connectivity index (χ2v) is 8.55. The summed E-state index contributed by atoms with van der Waals surface area (Å²) in [6, 6.07) is 19.4. The van der Waals surface area contributed by atoms with Crippen molar-refractivity contribution in [2.45, 2.75) is 11.5 Å². The molecule has 1 saturated heterocycles. The van der Waals surface area contributed by atoms with Gasteiger partial charge >= 0.3 is 5.97 Å². The van der Waals surface area contributed by atoms with Gasteiger partial charge in [-0.3, -0.25) is 19.7 Å². The number of hydrogen-bond donors (Lipinski definition) is 1. The highest BCUT2D eigenvalue weighted by molar-refractivity contribution is 6.23. The standard InChI is InChI=1S/C25H16N2O6/c28-22-20-19-15-8-1-3-10-17(15)25(27(32)33,18-11-4-2-9-16(18)19)21(20)23(29)26(22)14-7-5-6-13(12-14)24(30)31/h1-12,19-21H,(H,30,31)/t19?,20-,21+,25?/m1/s1. The lowest BCUT2D eigenvalue weighted by atomic mass is 9.51. The zero-order valence-corrected chi connectivity index (χ0v) is 17.0. The molecule has 3 aromatic rings. The van der Waals surface area contributed by atoms with Gasteiger partial charge in [-0.15, -0.1) is 0 Å². The number of carboxylic acid groups (broad SMARTS) is 1. The average molecular weight is 440 g/mol. The lowest BCUT2D eigenvalue weighted by Gasteiger charge is -2.48. The van der Waals surface area contributed by atoms with Gasteiger partial charge in [-0.1, -0.05) is 54.6 Å². The van der Waals surface area contributed by atoms with E-state index in [2.05, 4.69) is 0 Å². The maximum atomic E-state index is 13.8. The number of rotatable bonds is 3. The van der Waals surface area contributed by atoms with Gasteiger partial charge in [0.1, 0.15) is 5.92 Å². The van der Waals surface area contributed by atoms with E-state index in [-0.39, 0.29) is 11.3 Å². The van der Waals surface area contributed by atoms with Crippen molar-refractivity contribution in [2.75, 3.05) is 4.90 Å². The third-order valence-corrected chi connectivity index (χ3v) is 7.21. The Kier molecular flexibility index (Phi) is 3.73. The zero-order chi connectivity index (χ0) is 23.1. The maximum absolute atomic E-state index is 13.8. The van der Waals surface area contributed by atoms with Gasteiger partial charge in [0.05, 0.1) is 17.2 Å². The van der Waals surface area contributed by atoms with Gasteiger partial charge in [0, 0.05) is 22.0 Å². The first-order valence-corrected chi connectivity index (χ1v) is 10.4. The smallest absolute Gasteiger partial charge is 0.335 e. The number of nitro groups is 1. The second kappa shape index (κ2) is 6.35. The molecule has 0 saturated carbocycles. The molecule has 162 valence electrons. The number of amides is 2.